The second-order valence-corrected chi connectivity index (χ2v) is 4.67. The first-order valence-electron chi connectivity index (χ1n) is 3.31. The first-order chi connectivity index (χ1) is 4.86. The highest BCUT2D eigenvalue weighted by Crippen LogP contribution is 2.32. The van der Waals surface area contributed by atoms with E-state index in [2.05, 4.69) is 6.07 Å². The molecule has 0 aliphatic carbocycles. The number of anilines is 1. The molecular weight excluding hydrogens is 162 g/mol. The third-order valence-electron chi connectivity index (χ3n) is 1.66. The summed E-state index contributed by atoms with van der Waals surface area (Å²) < 4.78 is 0. The van der Waals surface area contributed by atoms with Crippen LogP contribution < -0.4 is 5.73 Å². The summed E-state index contributed by atoms with van der Waals surface area (Å²) in [6.45, 7) is 0. The van der Waals surface area contributed by atoms with Crippen molar-refractivity contribution in [2.75, 3.05) is 11.5 Å². The van der Waals surface area contributed by atoms with Crippen LogP contribution in [-0.4, -0.2) is 5.75 Å². The average molecular weight is 171 g/mol. The van der Waals surface area contributed by atoms with E-state index in [4.69, 9.17) is 5.73 Å². The molecule has 0 aromatic carbocycles. The van der Waals surface area contributed by atoms with Crippen molar-refractivity contribution < 1.29 is 0 Å². The van der Waals surface area contributed by atoms with Gasteiger partial charge in [0.25, 0.3) is 0 Å². The molecule has 1 aromatic heterocycles. The van der Waals surface area contributed by atoms with Gasteiger partial charge in [-0.15, -0.1) is 11.3 Å². The zero-order valence-corrected chi connectivity index (χ0v) is 7.23. The molecule has 0 amide bonds. The number of nitrogens with two attached hydrogens (primary N) is 1. The maximum absolute atomic E-state index is 5.67. The van der Waals surface area contributed by atoms with Gasteiger partial charge in [0, 0.05) is 10.6 Å². The van der Waals surface area contributed by atoms with E-state index in [-0.39, 0.29) is 0 Å². The van der Waals surface area contributed by atoms with Gasteiger partial charge in [-0.25, -0.2) is 0 Å². The summed E-state index contributed by atoms with van der Waals surface area (Å²) in [4.78, 5) is 1.49. The largest absolute Gasteiger partial charge is 0.391 e. The van der Waals surface area contributed by atoms with E-state index in [1.54, 1.807) is 11.3 Å². The van der Waals surface area contributed by atoms with Crippen molar-refractivity contribution in [2.24, 2.45) is 0 Å². The number of nitrogen functional groups attached to an aromatic ring is 1. The van der Waals surface area contributed by atoms with Crippen molar-refractivity contribution in [3.63, 3.8) is 0 Å². The van der Waals surface area contributed by atoms with Crippen LogP contribution in [0.5, 0.6) is 0 Å². The van der Waals surface area contributed by atoms with Gasteiger partial charge in [0.2, 0.25) is 0 Å². The summed E-state index contributed by atoms with van der Waals surface area (Å²) in [7, 11) is 0. The Morgan fingerprint density at radius 2 is 2.40 bits per heavy atom. The highest BCUT2D eigenvalue weighted by molar-refractivity contribution is 7.98. The lowest BCUT2D eigenvalue weighted by atomic mass is 10.2. The fourth-order valence-electron chi connectivity index (χ4n) is 1.17. The summed E-state index contributed by atoms with van der Waals surface area (Å²) in [5.41, 5.74) is 7.15. The van der Waals surface area contributed by atoms with Crippen molar-refractivity contribution in [2.45, 2.75) is 12.2 Å². The molecule has 10 heavy (non-hydrogen) atoms. The van der Waals surface area contributed by atoms with E-state index >= 15 is 0 Å². The van der Waals surface area contributed by atoms with Crippen molar-refractivity contribution in [3.8, 4) is 0 Å². The molecule has 54 valence electrons. The van der Waals surface area contributed by atoms with E-state index < -0.39 is 0 Å². The first-order valence-corrected chi connectivity index (χ1v) is 5.28. The van der Waals surface area contributed by atoms with E-state index in [1.807, 2.05) is 11.8 Å². The Morgan fingerprint density at radius 1 is 1.50 bits per heavy atom. The number of rotatable bonds is 0. The number of fused-ring (bicyclic) bond motifs is 1. The quantitative estimate of drug-likeness (QED) is 0.647. The maximum atomic E-state index is 5.67. The van der Waals surface area contributed by atoms with Crippen molar-refractivity contribution in [1.82, 2.24) is 0 Å². The molecule has 0 unspecified atom stereocenters. The Morgan fingerprint density at radius 3 is 3.20 bits per heavy atom. The van der Waals surface area contributed by atoms with Crippen LogP contribution in [0.2, 0.25) is 0 Å². The van der Waals surface area contributed by atoms with Crippen molar-refractivity contribution in [1.29, 1.82) is 0 Å². The minimum Gasteiger partial charge on any atom is -0.391 e. The summed E-state index contributed by atoms with van der Waals surface area (Å²) in [6, 6.07) is 2.12. The average Bonchev–Trinajstić information content (AvgIpc) is 2.27. The van der Waals surface area contributed by atoms with Gasteiger partial charge in [0.15, 0.2) is 0 Å². The molecule has 0 atom stereocenters. The zero-order valence-electron chi connectivity index (χ0n) is 5.59. The summed E-state index contributed by atoms with van der Waals surface area (Å²) in [6.07, 6.45) is 1.22. The van der Waals surface area contributed by atoms with Crippen LogP contribution in [0, 0.1) is 0 Å². The Kier molecular flexibility index (Phi) is 1.62. The van der Waals surface area contributed by atoms with Gasteiger partial charge in [-0.3, -0.25) is 0 Å². The molecule has 1 aliphatic heterocycles. The molecular formula is C7H9NS2. The van der Waals surface area contributed by atoms with Crippen LogP contribution in [0.3, 0.4) is 0 Å². The fourth-order valence-corrected chi connectivity index (χ4v) is 3.31. The lowest BCUT2D eigenvalue weighted by molar-refractivity contribution is 1.12. The van der Waals surface area contributed by atoms with Gasteiger partial charge in [0.1, 0.15) is 0 Å². The van der Waals surface area contributed by atoms with Gasteiger partial charge in [-0.05, 0) is 23.8 Å². The van der Waals surface area contributed by atoms with Crippen LogP contribution in [0.4, 0.5) is 5.00 Å². The molecule has 2 heterocycles. The Balaban J connectivity index is 2.41. The molecule has 1 aromatic rings. The highest BCUT2D eigenvalue weighted by atomic mass is 32.2. The van der Waals surface area contributed by atoms with Crippen molar-refractivity contribution >= 4 is 28.1 Å². The van der Waals surface area contributed by atoms with E-state index in [1.165, 1.54) is 28.4 Å². The van der Waals surface area contributed by atoms with Gasteiger partial charge < -0.3 is 5.73 Å². The normalized spacial score (nSPS) is 16.8. The minimum atomic E-state index is 0.979. The molecule has 0 spiro atoms. The fraction of sp³-hybridized carbons (Fsp3) is 0.429. The third-order valence-corrected chi connectivity index (χ3v) is 3.84. The molecule has 0 saturated heterocycles. The van der Waals surface area contributed by atoms with Gasteiger partial charge in [-0.2, -0.15) is 11.8 Å². The van der Waals surface area contributed by atoms with E-state index in [0.717, 1.165) is 5.00 Å². The molecule has 0 bridgehead atoms. The molecule has 2 rings (SSSR count). The number of hydrogen-bond donors (Lipinski definition) is 1. The minimum absolute atomic E-state index is 0.979. The van der Waals surface area contributed by atoms with Crippen LogP contribution in [-0.2, 0) is 12.2 Å². The predicted molar refractivity (Wildman–Crippen MR) is 48.6 cm³/mol. The van der Waals surface area contributed by atoms with Gasteiger partial charge in [-0.1, -0.05) is 0 Å². The standard InChI is InChI=1S/C7H9NS2/c8-7-3-5-1-2-9-4-6(5)10-7/h3H,1-2,4,8H2. The highest BCUT2D eigenvalue weighted by Gasteiger charge is 2.11. The zero-order chi connectivity index (χ0) is 6.97. The molecule has 3 heteroatoms. The third kappa shape index (κ3) is 1.04. The Hall–Kier alpha value is -0.150. The number of hydrogen-bond acceptors (Lipinski definition) is 3. The molecule has 0 fully saturated rings. The monoisotopic (exact) mass is 171 g/mol. The lowest BCUT2D eigenvalue weighted by Gasteiger charge is -2.08. The molecule has 0 radical (unpaired) electrons. The number of thiophene rings is 1. The first kappa shape index (κ1) is 6.55. The van der Waals surface area contributed by atoms with Crippen LogP contribution >= 0.6 is 23.1 Å². The lowest BCUT2D eigenvalue weighted by Crippen LogP contribution is -1.96. The Bertz CT molecular complexity index is 218. The molecule has 1 aliphatic rings. The van der Waals surface area contributed by atoms with Crippen LogP contribution in [0.1, 0.15) is 10.4 Å². The topological polar surface area (TPSA) is 26.0 Å². The molecule has 1 nitrogen and oxygen atoms in total. The van der Waals surface area contributed by atoms with Crippen LogP contribution in [0.15, 0.2) is 6.07 Å². The number of aryl methyl sites for hydroxylation is 1. The summed E-state index contributed by atoms with van der Waals surface area (Å²) >= 11 is 3.75. The number of thioether (sulfide) groups is 1. The molecule has 0 saturated carbocycles. The maximum Gasteiger partial charge on any atom is 0.0862 e. The van der Waals surface area contributed by atoms with Crippen molar-refractivity contribution in [3.05, 3.63) is 16.5 Å². The summed E-state index contributed by atoms with van der Waals surface area (Å²) in [5.74, 6) is 2.44. The van der Waals surface area contributed by atoms with Gasteiger partial charge in [0.05, 0.1) is 5.00 Å². The smallest absolute Gasteiger partial charge is 0.0862 e. The predicted octanol–water partition coefficient (Wildman–Crippen LogP) is 2.12. The second kappa shape index (κ2) is 2.47. The Labute approximate surface area is 68.6 Å². The van der Waals surface area contributed by atoms with E-state index in [9.17, 15) is 0 Å². The summed E-state index contributed by atoms with van der Waals surface area (Å²) in [5, 5.41) is 0.979. The van der Waals surface area contributed by atoms with Gasteiger partial charge >= 0.3 is 0 Å². The van der Waals surface area contributed by atoms with Crippen LogP contribution in [0.25, 0.3) is 0 Å². The molecule has 2 N–H and O–H groups in total. The van der Waals surface area contributed by atoms with E-state index in [0.29, 0.717) is 0 Å². The second-order valence-electron chi connectivity index (χ2n) is 2.40. The SMILES string of the molecule is Nc1cc2c(s1)CSCC2.